The lowest BCUT2D eigenvalue weighted by atomic mass is 9.47. The smallest absolute Gasteiger partial charge is 0.230 e. The third kappa shape index (κ3) is 6.10. The Morgan fingerprint density at radius 2 is 1.74 bits per heavy atom. The van der Waals surface area contributed by atoms with E-state index in [-0.39, 0.29) is 17.4 Å². The third-order valence-corrected chi connectivity index (χ3v) is 13.2. The predicted octanol–water partition coefficient (Wildman–Crippen LogP) is 10.9. The largest absolute Gasteiger partial charge is 0.490 e. The normalized spacial score (nSPS) is 35.1. The molecule has 5 rings (SSSR count). The minimum atomic E-state index is -0.362. The van der Waals surface area contributed by atoms with E-state index in [4.69, 9.17) is 4.74 Å². The van der Waals surface area contributed by atoms with Gasteiger partial charge in [-0.05, 0) is 122 Å². The van der Waals surface area contributed by atoms with Crippen molar-refractivity contribution in [3.8, 4) is 5.75 Å². The van der Waals surface area contributed by atoms with E-state index in [0.29, 0.717) is 10.8 Å². The quantitative estimate of drug-likeness (QED) is 0.282. The fourth-order valence-electron chi connectivity index (χ4n) is 10.0. The maximum atomic E-state index is 12.6. The minimum Gasteiger partial charge on any atom is -0.490 e. The Bertz CT molecular complexity index is 1120. The number of hydrogen-bond donors (Lipinski definition) is 1. The van der Waals surface area contributed by atoms with E-state index in [1.807, 2.05) is 38.1 Å². The van der Waals surface area contributed by atoms with Crippen LogP contribution in [0.15, 0.2) is 35.9 Å². The molecule has 3 nitrogen and oxygen atoms in total. The zero-order chi connectivity index (χ0) is 30.3. The number of benzene rings is 1. The molecular formula is C39H61NO2. The van der Waals surface area contributed by atoms with Gasteiger partial charge in [-0.15, -0.1) is 0 Å². The Kier molecular flexibility index (Phi) is 9.28. The van der Waals surface area contributed by atoms with Crippen LogP contribution in [0.2, 0.25) is 0 Å². The molecule has 0 aromatic heterocycles. The first-order valence-electron chi connectivity index (χ1n) is 17.6. The van der Waals surface area contributed by atoms with Crippen LogP contribution in [0.5, 0.6) is 5.75 Å². The van der Waals surface area contributed by atoms with Crippen molar-refractivity contribution in [1.82, 2.24) is 0 Å². The van der Waals surface area contributed by atoms with Gasteiger partial charge in [0.25, 0.3) is 0 Å². The number of allylic oxidation sites excluding steroid dienone is 1. The SMILES string of the molecule is CCC(C)(C)C(=O)Nc1ccc(OC2CCC3(C)C(=CCC4C3CCC3(C)C(C(C)CCCC(C)C)CCC43)C2)cc1. The highest BCUT2D eigenvalue weighted by molar-refractivity contribution is 5.94. The van der Waals surface area contributed by atoms with Crippen LogP contribution in [0.3, 0.4) is 0 Å². The number of hydrogen-bond acceptors (Lipinski definition) is 2. The van der Waals surface area contributed by atoms with Crippen molar-refractivity contribution in [1.29, 1.82) is 0 Å². The fourth-order valence-corrected chi connectivity index (χ4v) is 10.0. The monoisotopic (exact) mass is 575 g/mol. The molecular weight excluding hydrogens is 514 g/mol. The van der Waals surface area contributed by atoms with E-state index in [1.54, 1.807) is 5.57 Å². The molecule has 4 aliphatic rings. The average molecular weight is 576 g/mol. The molecule has 4 aliphatic carbocycles. The van der Waals surface area contributed by atoms with Gasteiger partial charge in [-0.25, -0.2) is 0 Å². The number of fused-ring (bicyclic) bond motifs is 5. The Morgan fingerprint density at radius 1 is 1.00 bits per heavy atom. The van der Waals surface area contributed by atoms with Gasteiger partial charge in [0.2, 0.25) is 5.91 Å². The second-order valence-electron chi connectivity index (χ2n) is 16.5. The summed E-state index contributed by atoms with van der Waals surface area (Å²) < 4.78 is 6.55. The maximum absolute atomic E-state index is 12.6. The summed E-state index contributed by atoms with van der Waals surface area (Å²) in [6, 6.07) is 8.01. The summed E-state index contributed by atoms with van der Waals surface area (Å²) in [5, 5.41) is 3.07. The van der Waals surface area contributed by atoms with Gasteiger partial charge in [0, 0.05) is 17.5 Å². The molecule has 0 saturated heterocycles. The molecule has 42 heavy (non-hydrogen) atoms. The minimum absolute atomic E-state index is 0.0695. The second-order valence-corrected chi connectivity index (χ2v) is 16.5. The molecule has 1 aromatic rings. The Morgan fingerprint density at radius 3 is 2.43 bits per heavy atom. The summed E-state index contributed by atoms with van der Waals surface area (Å²) >= 11 is 0. The molecule has 234 valence electrons. The van der Waals surface area contributed by atoms with Crippen molar-refractivity contribution < 1.29 is 9.53 Å². The van der Waals surface area contributed by atoms with E-state index in [2.05, 4.69) is 52.9 Å². The first-order chi connectivity index (χ1) is 19.9. The molecule has 0 aliphatic heterocycles. The van der Waals surface area contributed by atoms with Gasteiger partial charge in [0.1, 0.15) is 11.9 Å². The van der Waals surface area contributed by atoms with Gasteiger partial charge in [-0.1, -0.05) is 86.3 Å². The standard InChI is InChI=1S/C39H61NO2/c1-9-37(5,6)36(41)40-29-14-16-30(17-15-29)42-31-21-23-38(7)28(25-31)13-18-32-34-20-19-33(27(4)12-10-11-26(2)3)39(34,8)24-22-35(32)38/h13-17,26-27,31-35H,9-12,18-25H2,1-8H3,(H,40,41). The van der Waals surface area contributed by atoms with Crippen LogP contribution in [-0.4, -0.2) is 12.0 Å². The van der Waals surface area contributed by atoms with Crippen molar-refractivity contribution in [3.05, 3.63) is 35.9 Å². The highest BCUT2D eigenvalue weighted by atomic mass is 16.5. The van der Waals surface area contributed by atoms with Crippen molar-refractivity contribution in [3.63, 3.8) is 0 Å². The summed E-state index contributed by atoms with van der Waals surface area (Å²) in [6.07, 6.45) is 18.5. The zero-order valence-electron chi connectivity index (χ0n) is 28.2. The summed E-state index contributed by atoms with van der Waals surface area (Å²) in [6.45, 7) is 18.7. The first-order valence-corrected chi connectivity index (χ1v) is 17.6. The summed E-state index contributed by atoms with van der Waals surface area (Å²) in [7, 11) is 0. The highest BCUT2D eigenvalue weighted by Gasteiger charge is 2.59. The molecule has 3 saturated carbocycles. The lowest BCUT2D eigenvalue weighted by Gasteiger charge is -2.58. The van der Waals surface area contributed by atoms with Crippen LogP contribution in [0.4, 0.5) is 5.69 Å². The van der Waals surface area contributed by atoms with Gasteiger partial charge in [-0.3, -0.25) is 4.79 Å². The Hall–Kier alpha value is -1.77. The average Bonchev–Trinajstić information content (AvgIpc) is 3.31. The Labute approximate surface area is 258 Å². The van der Waals surface area contributed by atoms with Crippen LogP contribution in [0.25, 0.3) is 0 Å². The number of ether oxygens (including phenoxy) is 1. The maximum Gasteiger partial charge on any atom is 0.230 e. The van der Waals surface area contributed by atoms with Crippen molar-refractivity contribution in [2.24, 2.45) is 51.8 Å². The van der Waals surface area contributed by atoms with Crippen molar-refractivity contribution in [2.45, 2.75) is 139 Å². The van der Waals surface area contributed by atoms with Crippen LogP contribution < -0.4 is 10.1 Å². The van der Waals surface area contributed by atoms with Gasteiger partial charge < -0.3 is 10.1 Å². The van der Waals surface area contributed by atoms with Crippen LogP contribution in [0.1, 0.15) is 132 Å². The topological polar surface area (TPSA) is 38.3 Å². The number of carbonyl (C=O) groups is 1. The molecule has 1 amide bonds. The first kappa shape index (κ1) is 31.6. The van der Waals surface area contributed by atoms with Gasteiger partial charge in [0.05, 0.1) is 0 Å². The fraction of sp³-hybridized carbons (Fsp3) is 0.769. The number of carbonyl (C=O) groups excluding carboxylic acids is 1. The molecule has 0 bridgehead atoms. The van der Waals surface area contributed by atoms with E-state index in [0.717, 1.165) is 66.2 Å². The number of nitrogens with one attached hydrogen (secondary N) is 1. The van der Waals surface area contributed by atoms with E-state index in [9.17, 15) is 4.79 Å². The molecule has 8 atom stereocenters. The predicted molar refractivity (Wildman–Crippen MR) is 177 cm³/mol. The second kappa shape index (κ2) is 12.3. The van der Waals surface area contributed by atoms with Crippen LogP contribution >= 0.6 is 0 Å². The molecule has 3 fully saturated rings. The molecule has 1 aromatic carbocycles. The summed E-state index contributed by atoms with van der Waals surface area (Å²) in [5.41, 5.74) is 3.07. The van der Waals surface area contributed by atoms with Crippen molar-refractivity contribution in [2.75, 3.05) is 5.32 Å². The molecule has 0 radical (unpaired) electrons. The summed E-state index contributed by atoms with van der Waals surface area (Å²) in [5.74, 6) is 6.27. The zero-order valence-corrected chi connectivity index (χ0v) is 28.2. The van der Waals surface area contributed by atoms with Crippen LogP contribution in [0, 0.1) is 51.8 Å². The lowest BCUT2D eigenvalue weighted by Crippen LogP contribution is -2.51. The molecule has 0 heterocycles. The van der Waals surface area contributed by atoms with Gasteiger partial charge in [-0.2, -0.15) is 0 Å². The highest BCUT2D eigenvalue weighted by Crippen LogP contribution is 2.67. The molecule has 0 spiro atoms. The summed E-state index contributed by atoms with van der Waals surface area (Å²) in [4.78, 5) is 12.6. The number of rotatable bonds is 10. The van der Waals surface area contributed by atoms with Crippen LogP contribution in [-0.2, 0) is 4.79 Å². The number of anilines is 1. The molecule has 1 N–H and O–H groups in total. The van der Waals surface area contributed by atoms with E-state index in [1.165, 1.54) is 57.8 Å². The third-order valence-electron chi connectivity index (χ3n) is 13.2. The van der Waals surface area contributed by atoms with Crippen molar-refractivity contribution >= 4 is 11.6 Å². The van der Waals surface area contributed by atoms with Gasteiger partial charge >= 0.3 is 0 Å². The van der Waals surface area contributed by atoms with Gasteiger partial charge in [0.15, 0.2) is 0 Å². The molecule has 8 unspecified atom stereocenters. The number of amides is 1. The van der Waals surface area contributed by atoms with E-state index < -0.39 is 0 Å². The van der Waals surface area contributed by atoms with E-state index >= 15 is 0 Å². The molecule has 3 heteroatoms. The Balaban J connectivity index is 1.20. The lowest BCUT2D eigenvalue weighted by molar-refractivity contribution is -0.124.